The highest BCUT2D eigenvalue weighted by molar-refractivity contribution is 7.90. The number of carbonyl (C=O) groups excluding carboxylic acids is 1. The molecule has 0 aliphatic carbocycles. The smallest absolute Gasteiger partial charge is 0.244 e. The minimum atomic E-state index is -3.21. The Morgan fingerprint density at radius 3 is 2.63 bits per heavy atom. The summed E-state index contributed by atoms with van der Waals surface area (Å²) in [6.45, 7) is 0.431. The van der Waals surface area contributed by atoms with Gasteiger partial charge >= 0.3 is 0 Å². The quantitative estimate of drug-likeness (QED) is 0.591. The van der Waals surface area contributed by atoms with Crippen LogP contribution in [0.5, 0.6) is 5.75 Å². The van der Waals surface area contributed by atoms with Gasteiger partial charge < -0.3 is 10.1 Å². The predicted octanol–water partition coefficient (Wildman–Crippen LogP) is 3.95. The van der Waals surface area contributed by atoms with E-state index in [2.05, 4.69) is 11.4 Å². The lowest BCUT2D eigenvalue weighted by atomic mass is 10.0. The summed E-state index contributed by atoms with van der Waals surface area (Å²) in [5.74, 6) is 0.675. The van der Waals surface area contributed by atoms with Gasteiger partial charge in [-0.05, 0) is 58.5 Å². The number of nitrogens with one attached hydrogen (secondary N) is 1. The SMILES string of the molecule is CS(=O)(=O)c1ccc(-c2ccc3c(c2)C[C@H](CNC(=O)/C=C/c2cccs2)O3)cc1. The molecule has 1 N–H and O–H groups in total. The number of benzene rings is 2. The molecule has 1 aliphatic rings. The average molecular weight is 440 g/mol. The van der Waals surface area contributed by atoms with Gasteiger partial charge in [-0.3, -0.25) is 4.79 Å². The van der Waals surface area contributed by atoms with E-state index in [1.807, 2.05) is 41.8 Å². The van der Waals surface area contributed by atoms with Crippen LogP contribution in [0.3, 0.4) is 0 Å². The lowest BCUT2D eigenvalue weighted by Gasteiger charge is -2.10. The Kier molecular flexibility index (Phi) is 5.74. The Bertz CT molecular complexity index is 1180. The van der Waals surface area contributed by atoms with Crippen LogP contribution < -0.4 is 10.1 Å². The molecule has 1 amide bonds. The van der Waals surface area contributed by atoms with E-state index in [0.29, 0.717) is 17.9 Å². The molecule has 154 valence electrons. The van der Waals surface area contributed by atoms with Gasteiger partial charge in [0.25, 0.3) is 0 Å². The molecule has 1 aromatic heterocycles. The Morgan fingerprint density at radius 1 is 1.17 bits per heavy atom. The second-order valence-electron chi connectivity index (χ2n) is 7.16. The Morgan fingerprint density at radius 2 is 1.93 bits per heavy atom. The molecular formula is C23H21NO4S2. The predicted molar refractivity (Wildman–Crippen MR) is 119 cm³/mol. The minimum absolute atomic E-state index is 0.109. The Balaban J connectivity index is 1.37. The number of fused-ring (bicyclic) bond motifs is 1. The summed E-state index contributed by atoms with van der Waals surface area (Å²) in [5, 5.41) is 4.85. The number of ether oxygens (including phenoxy) is 1. The summed E-state index contributed by atoms with van der Waals surface area (Å²) in [7, 11) is -3.21. The summed E-state index contributed by atoms with van der Waals surface area (Å²) in [5.41, 5.74) is 3.02. The highest BCUT2D eigenvalue weighted by Gasteiger charge is 2.23. The number of rotatable bonds is 6. The first-order chi connectivity index (χ1) is 14.4. The van der Waals surface area contributed by atoms with Crippen LogP contribution in [0.4, 0.5) is 0 Å². The van der Waals surface area contributed by atoms with E-state index in [4.69, 9.17) is 4.74 Å². The second-order valence-corrected chi connectivity index (χ2v) is 10.2. The number of sulfone groups is 1. The lowest BCUT2D eigenvalue weighted by Crippen LogP contribution is -2.33. The van der Waals surface area contributed by atoms with Gasteiger partial charge in [-0.15, -0.1) is 11.3 Å². The van der Waals surface area contributed by atoms with Gasteiger partial charge in [0.05, 0.1) is 11.4 Å². The summed E-state index contributed by atoms with van der Waals surface area (Å²) < 4.78 is 29.2. The van der Waals surface area contributed by atoms with Gasteiger partial charge in [-0.25, -0.2) is 8.42 Å². The van der Waals surface area contributed by atoms with Crippen molar-refractivity contribution in [2.75, 3.05) is 12.8 Å². The molecule has 3 aromatic rings. The molecule has 1 aliphatic heterocycles. The van der Waals surface area contributed by atoms with Crippen molar-refractivity contribution in [3.05, 3.63) is 76.5 Å². The first-order valence-corrected chi connectivity index (χ1v) is 12.2. The topological polar surface area (TPSA) is 72.5 Å². The Labute approximate surface area is 179 Å². The first-order valence-electron chi connectivity index (χ1n) is 9.48. The van der Waals surface area contributed by atoms with Crippen molar-refractivity contribution in [1.82, 2.24) is 5.32 Å². The zero-order chi connectivity index (χ0) is 21.1. The summed E-state index contributed by atoms with van der Waals surface area (Å²) in [4.78, 5) is 13.4. The summed E-state index contributed by atoms with van der Waals surface area (Å²) in [6.07, 6.45) is 5.13. The number of carbonyl (C=O) groups is 1. The second kappa shape index (κ2) is 8.45. The monoisotopic (exact) mass is 439 g/mol. The van der Waals surface area contributed by atoms with Gasteiger partial charge in [-0.1, -0.05) is 24.3 Å². The molecular weight excluding hydrogens is 418 g/mol. The van der Waals surface area contributed by atoms with Crippen LogP contribution >= 0.6 is 11.3 Å². The van der Waals surface area contributed by atoms with E-state index in [-0.39, 0.29) is 12.0 Å². The third-order valence-electron chi connectivity index (χ3n) is 4.86. The zero-order valence-electron chi connectivity index (χ0n) is 16.4. The summed E-state index contributed by atoms with van der Waals surface area (Å²) >= 11 is 1.58. The van der Waals surface area contributed by atoms with Crippen LogP contribution in [0.1, 0.15) is 10.4 Å². The van der Waals surface area contributed by atoms with Gasteiger partial charge in [0.1, 0.15) is 11.9 Å². The zero-order valence-corrected chi connectivity index (χ0v) is 18.0. The van der Waals surface area contributed by atoms with Gasteiger partial charge in [0.2, 0.25) is 5.91 Å². The molecule has 4 rings (SSSR count). The fourth-order valence-corrected chi connectivity index (χ4v) is 4.57. The van der Waals surface area contributed by atoms with Crippen LogP contribution in [0.15, 0.2) is 70.9 Å². The van der Waals surface area contributed by atoms with E-state index in [1.54, 1.807) is 29.5 Å². The third kappa shape index (κ3) is 4.80. The molecule has 0 radical (unpaired) electrons. The molecule has 0 saturated heterocycles. The van der Waals surface area contributed by atoms with E-state index >= 15 is 0 Å². The highest BCUT2D eigenvalue weighted by Crippen LogP contribution is 2.33. The minimum Gasteiger partial charge on any atom is -0.488 e. The lowest BCUT2D eigenvalue weighted by molar-refractivity contribution is -0.116. The van der Waals surface area contributed by atoms with Crippen molar-refractivity contribution in [1.29, 1.82) is 0 Å². The molecule has 2 aromatic carbocycles. The van der Waals surface area contributed by atoms with Crippen LogP contribution in [0.25, 0.3) is 17.2 Å². The van der Waals surface area contributed by atoms with Crippen LogP contribution in [-0.2, 0) is 21.1 Å². The molecule has 1 atom stereocenters. The molecule has 0 fully saturated rings. The first kappa shape index (κ1) is 20.4. The van der Waals surface area contributed by atoms with Gasteiger partial charge in [0, 0.05) is 23.6 Å². The number of hydrogen-bond donors (Lipinski definition) is 1. The van der Waals surface area contributed by atoms with E-state index in [0.717, 1.165) is 27.3 Å². The van der Waals surface area contributed by atoms with Crippen molar-refractivity contribution in [3.8, 4) is 16.9 Å². The normalized spacial score (nSPS) is 15.7. The van der Waals surface area contributed by atoms with E-state index in [1.165, 1.54) is 12.3 Å². The molecule has 0 spiro atoms. The van der Waals surface area contributed by atoms with Crippen molar-refractivity contribution in [3.63, 3.8) is 0 Å². The molecule has 0 saturated carbocycles. The standard InChI is InChI=1S/C23H21NO4S2/c1-30(26,27)21-8-4-16(5-9-21)17-6-10-22-18(13-17)14-19(28-22)15-24-23(25)11-7-20-3-2-12-29-20/h2-13,19H,14-15H2,1H3,(H,24,25)/b11-7+/t19-/m1/s1. The van der Waals surface area contributed by atoms with E-state index < -0.39 is 9.84 Å². The average Bonchev–Trinajstić information content (AvgIpc) is 3.39. The molecule has 5 nitrogen and oxygen atoms in total. The largest absolute Gasteiger partial charge is 0.488 e. The Hall–Kier alpha value is -2.90. The maximum absolute atomic E-state index is 12.0. The van der Waals surface area contributed by atoms with Crippen molar-refractivity contribution in [2.24, 2.45) is 0 Å². The molecule has 0 unspecified atom stereocenters. The van der Waals surface area contributed by atoms with Gasteiger partial charge in [0.15, 0.2) is 9.84 Å². The molecule has 30 heavy (non-hydrogen) atoms. The number of thiophene rings is 1. The maximum atomic E-state index is 12.0. The fourth-order valence-electron chi connectivity index (χ4n) is 3.33. The maximum Gasteiger partial charge on any atom is 0.244 e. The molecule has 7 heteroatoms. The van der Waals surface area contributed by atoms with Crippen LogP contribution in [-0.4, -0.2) is 33.2 Å². The molecule has 0 bridgehead atoms. The van der Waals surface area contributed by atoms with Crippen molar-refractivity contribution in [2.45, 2.75) is 17.4 Å². The number of hydrogen-bond acceptors (Lipinski definition) is 5. The van der Waals surface area contributed by atoms with Crippen molar-refractivity contribution >= 4 is 33.2 Å². The number of amides is 1. The highest BCUT2D eigenvalue weighted by atomic mass is 32.2. The van der Waals surface area contributed by atoms with Gasteiger partial charge in [-0.2, -0.15) is 0 Å². The van der Waals surface area contributed by atoms with Crippen LogP contribution in [0, 0.1) is 0 Å². The van der Waals surface area contributed by atoms with Crippen molar-refractivity contribution < 1.29 is 17.9 Å². The van der Waals surface area contributed by atoms with E-state index in [9.17, 15) is 13.2 Å². The molecule has 2 heterocycles. The summed E-state index contributed by atoms with van der Waals surface area (Å²) in [6, 6.07) is 16.7. The van der Waals surface area contributed by atoms with Crippen LogP contribution in [0.2, 0.25) is 0 Å². The fraction of sp³-hybridized carbons (Fsp3) is 0.174. The third-order valence-corrected chi connectivity index (χ3v) is 6.83.